The van der Waals surface area contributed by atoms with E-state index in [1.165, 1.54) is 11.1 Å². The lowest BCUT2D eigenvalue weighted by atomic mass is 9.87. The maximum atomic E-state index is 12.7. The van der Waals surface area contributed by atoms with E-state index in [0.717, 1.165) is 50.0 Å². The van der Waals surface area contributed by atoms with E-state index in [1.54, 1.807) is 18.0 Å². The largest absolute Gasteiger partial charge is 0.379 e. The number of aromatic nitrogens is 1. The third-order valence-corrected chi connectivity index (χ3v) is 6.33. The highest BCUT2D eigenvalue weighted by atomic mass is 32.2. The fourth-order valence-corrected chi connectivity index (χ4v) is 4.30. The number of carbonyl (C=O) groups excluding carboxylic acids is 1. The second-order valence-corrected chi connectivity index (χ2v) is 9.62. The summed E-state index contributed by atoms with van der Waals surface area (Å²) in [5.74, 6) is 0.745. The van der Waals surface area contributed by atoms with Gasteiger partial charge in [-0.15, -0.1) is 11.8 Å². The van der Waals surface area contributed by atoms with Crippen LogP contribution in [-0.2, 0) is 15.9 Å². The second-order valence-electron chi connectivity index (χ2n) is 8.66. The Morgan fingerprint density at radius 1 is 1.17 bits per heavy atom. The molecule has 0 aliphatic carbocycles. The Bertz CT molecular complexity index is 812. The minimum atomic E-state index is -0.0457. The van der Waals surface area contributed by atoms with Crippen LogP contribution in [0.4, 0.5) is 0 Å². The van der Waals surface area contributed by atoms with Gasteiger partial charge >= 0.3 is 0 Å². The Morgan fingerprint density at radius 2 is 1.90 bits per heavy atom. The summed E-state index contributed by atoms with van der Waals surface area (Å²) < 4.78 is 5.37. The molecule has 1 aromatic carbocycles. The van der Waals surface area contributed by atoms with Gasteiger partial charge in [0.15, 0.2) is 0 Å². The van der Waals surface area contributed by atoms with Gasteiger partial charge in [0.2, 0.25) is 0 Å². The number of ether oxygens (including phenoxy) is 1. The average molecular weight is 428 g/mol. The zero-order chi connectivity index (χ0) is 21.4. The van der Waals surface area contributed by atoms with Crippen LogP contribution in [-0.4, -0.2) is 55.2 Å². The third-order valence-electron chi connectivity index (χ3n) is 5.25. The molecule has 1 aliphatic heterocycles. The van der Waals surface area contributed by atoms with Crippen molar-refractivity contribution in [3.8, 4) is 0 Å². The molecule has 1 aliphatic rings. The van der Waals surface area contributed by atoms with Crippen LogP contribution in [0.5, 0.6) is 0 Å². The molecule has 3 rings (SSSR count). The molecule has 0 atom stereocenters. The topological polar surface area (TPSA) is 54.5 Å². The number of rotatable bonds is 8. The van der Waals surface area contributed by atoms with Gasteiger partial charge in [-0.25, -0.2) is 4.98 Å². The molecule has 1 fully saturated rings. The fourth-order valence-electron chi connectivity index (χ4n) is 3.36. The van der Waals surface area contributed by atoms with Crippen molar-refractivity contribution < 1.29 is 9.53 Å². The van der Waals surface area contributed by atoms with Gasteiger partial charge < -0.3 is 10.1 Å². The number of hydrogen-bond donors (Lipinski definition) is 1. The van der Waals surface area contributed by atoms with Gasteiger partial charge in [-0.2, -0.15) is 0 Å². The Labute approximate surface area is 184 Å². The number of carbonyl (C=O) groups is 1. The molecule has 6 heteroatoms. The number of hydrogen-bond acceptors (Lipinski definition) is 5. The first-order chi connectivity index (χ1) is 14.4. The molecular formula is C24H33N3O2S. The van der Waals surface area contributed by atoms with Crippen LogP contribution in [0.2, 0.25) is 0 Å². The first kappa shape index (κ1) is 22.8. The van der Waals surface area contributed by atoms with E-state index in [0.29, 0.717) is 12.1 Å². The Hall–Kier alpha value is -1.89. The lowest BCUT2D eigenvalue weighted by molar-refractivity contribution is 0.0374. The average Bonchev–Trinajstić information content (AvgIpc) is 2.76. The second kappa shape index (κ2) is 10.9. The van der Waals surface area contributed by atoms with Crippen LogP contribution in [0, 0.1) is 0 Å². The summed E-state index contributed by atoms with van der Waals surface area (Å²) in [5, 5.41) is 3.83. The van der Waals surface area contributed by atoms with Crippen LogP contribution in [0.15, 0.2) is 47.6 Å². The highest BCUT2D eigenvalue weighted by Crippen LogP contribution is 2.26. The summed E-state index contributed by atoms with van der Waals surface area (Å²) in [4.78, 5) is 19.5. The van der Waals surface area contributed by atoms with Crippen molar-refractivity contribution in [2.45, 2.75) is 43.4 Å². The van der Waals surface area contributed by atoms with Gasteiger partial charge in [0.05, 0.1) is 18.8 Å². The molecule has 162 valence electrons. The van der Waals surface area contributed by atoms with Crippen LogP contribution < -0.4 is 5.32 Å². The van der Waals surface area contributed by atoms with Gasteiger partial charge in [-0.1, -0.05) is 45.0 Å². The normalized spacial score (nSPS) is 15.2. The first-order valence-electron chi connectivity index (χ1n) is 10.7. The maximum absolute atomic E-state index is 12.7. The van der Waals surface area contributed by atoms with Crippen LogP contribution in [0.3, 0.4) is 0 Å². The molecule has 1 saturated heterocycles. The Kier molecular flexibility index (Phi) is 8.31. The molecule has 0 radical (unpaired) electrons. The zero-order valence-electron chi connectivity index (χ0n) is 18.3. The highest BCUT2D eigenvalue weighted by Gasteiger charge is 2.15. The molecule has 1 aromatic heterocycles. The summed E-state index contributed by atoms with van der Waals surface area (Å²) in [6.07, 6.45) is 2.69. The van der Waals surface area contributed by atoms with E-state index in [1.807, 2.05) is 12.1 Å². The van der Waals surface area contributed by atoms with Crippen molar-refractivity contribution in [3.05, 3.63) is 59.3 Å². The number of amides is 1. The predicted octanol–water partition coefficient (Wildman–Crippen LogP) is 4.12. The van der Waals surface area contributed by atoms with E-state index in [4.69, 9.17) is 4.74 Å². The van der Waals surface area contributed by atoms with Gasteiger partial charge in [-0.05, 0) is 41.6 Å². The summed E-state index contributed by atoms with van der Waals surface area (Å²) in [7, 11) is 0. The monoisotopic (exact) mass is 427 g/mol. The Balaban J connectivity index is 1.50. The molecule has 2 heterocycles. The summed E-state index contributed by atoms with van der Waals surface area (Å²) in [6.45, 7) is 11.9. The van der Waals surface area contributed by atoms with E-state index in [2.05, 4.69) is 60.2 Å². The molecule has 1 amide bonds. The van der Waals surface area contributed by atoms with Crippen molar-refractivity contribution in [1.82, 2.24) is 15.2 Å². The quantitative estimate of drug-likeness (QED) is 0.507. The number of nitrogens with zero attached hydrogens (tertiary/aromatic N) is 2. The standard InChI is InChI=1S/C24H33N3O2S/c1-24(2,3)20-9-7-19(8-10-20)18-30-23-21(6-4-11-26-23)22(28)25-12-5-13-27-14-16-29-17-15-27/h4,6-11H,5,12-18H2,1-3H3,(H,25,28). The molecule has 30 heavy (non-hydrogen) atoms. The Morgan fingerprint density at radius 3 is 2.60 bits per heavy atom. The molecule has 0 unspecified atom stereocenters. The smallest absolute Gasteiger partial charge is 0.254 e. The molecular weight excluding hydrogens is 394 g/mol. The van der Waals surface area contributed by atoms with Gasteiger partial charge in [0.1, 0.15) is 5.03 Å². The number of morpholine rings is 1. The molecule has 0 bridgehead atoms. The minimum Gasteiger partial charge on any atom is -0.379 e. The van der Waals surface area contributed by atoms with Crippen LogP contribution in [0.1, 0.15) is 48.7 Å². The molecule has 2 aromatic rings. The summed E-state index contributed by atoms with van der Waals surface area (Å²) in [6, 6.07) is 12.4. The van der Waals surface area contributed by atoms with Crippen LogP contribution >= 0.6 is 11.8 Å². The van der Waals surface area contributed by atoms with Crippen molar-refractivity contribution in [3.63, 3.8) is 0 Å². The lowest BCUT2D eigenvalue weighted by Gasteiger charge is -2.26. The zero-order valence-corrected chi connectivity index (χ0v) is 19.1. The first-order valence-corrected chi connectivity index (χ1v) is 11.7. The van der Waals surface area contributed by atoms with E-state index >= 15 is 0 Å². The van der Waals surface area contributed by atoms with Crippen molar-refractivity contribution in [2.75, 3.05) is 39.4 Å². The van der Waals surface area contributed by atoms with E-state index in [9.17, 15) is 4.79 Å². The van der Waals surface area contributed by atoms with Crippen molar-refractivity contribution in [1.29, 1.82) is 0 Å². The fraction of sp³-hybridized carbons (Fsp3) is 0.500. The number of pyridine rings is 1. The number of benzene rings is 1. The minimum absolute atomic E-state index is 0.0457. The van der Waals surface area contributed by atoms with Gasteiger partial charge in [0.25, 0.3) is 5.91 Å². The van der Waals surface area contributed by atoms with E-state index < -0.39 is 0 Å². The third kappa shape index (κ3) is 6.83. The van der Waals surface area contributed by atoms with Gasteiger partial charge in [-0.3, -0.25) is 9.69 Å². The highest BCUT2D eigenvalue weighted by molar-refractivity contribution is 7.98. The predicted molar refractivity (Wildman–Crippen MR) is 123 cm³/mol. The molecule has 0 saturated carbocycles. The maximum Gasteiger partial charge on any atom is 0.254 e. The van der Waals surface area contributed by atoms with Gasteiger partial charge in [0, 0.05) is 31.6 Å². The summed E-state index contributed by atoms with van der Waals surface area (Å²) >= 11 is 1.61. The SMILES string of the molecule is CC(C)(C)c1ccc(CSc2ncccc2C(=O)NCCCN2CCOCC2)cc1. The lowest BCUT2D eigenvalue weighted by Crippen LogP contribution is -2.38. The van der Waals surface area contributed by atoms with Crippen molar-refractivity contribution >= 4 is 17.7 Å². The molecule has 5 nitrogen and oxygen atoms in total. The molecule has 1 N–H and O–H groups in total. The summed E-state index contributed by atoms with van der Waals surface area (Å²) in [5.41, 5.74) is 3.36. The molecule has 0 spiro atoms. The van der Waals surface area contributed by atoms with Crippen molar-refractivity contribution in [2.24, 2.45) is 0 Å². The van der Waals surface area contributed by atoms with E-state index in [-0.39, 0.29) is 11.3 Å². The number of thioether (sulfide) groups is 1. The van der Waals surface area contributed by atoms with Crippen LogP contribution in [0.25, 0.3) is 0 Å². The number of nitrogens with one attached hydrogen (secondary N) is 1.